The van der Waals surface area contributed by atoms with Gasteiger partial charge in [0.25, 0.3) is 5.56 Å². The van der Waals surface area contributed by atoms with Crippen LogP contribution in [0.4, 0.5) is 0 Å². The maximum atomic E-state index is 13.7. The Balaban J connectivity index is 1.39. The van der Waals surface area contributed by atoms with E-state index >= 15 is 0 Å². The van der Waals surface area contributed by atoms with Crippen molar-refractivity contribution in [3.63, 3.8) is 0 Å². The second kappa shape index (κ2) is 10.8. The number of hydrogen-bond acceptors (Lipinski definition) is 5. The topological polar surface area (TPSA) is 70.4 Å². The smallest absolute Gasteiger partial charge is 0.319 e. The molecule has 0 spiro atoms. The number of hydrogen-bond donors (Lipinski definition) is 0. The van der Waals surface area contributed by atoms with Gasteiger partial charge in [-0.2, -0.15) is 0 Å². The number of nitrogens with zero attached hydrogens (tertiary/aromatic N) is 2. The van der Waals surface area contributed by atoms with Crippen LogP contribution in [-0.4, -0.2) is 23.8 Å². The standard InChI is InChI=1S/C38H38N2O4Si/c1-6-27-30-20-24(44-45(38(3,4)5,25-14-10-8-11-15-25)26-16-12-9-13-17-26)18-19-33(30)39-35-31(27)22-40-34(35)21-29-28(7-2)37(42)43-23-32(29)36(40)41/h8-21,28H,6-7,22-23H2,1-5H3/t28-/m1/s1. The Morgan fingerprint density at radius 3 is 2.18 bits per heavy atom. The number of cyclic esters (lactones) is 1. The van der Waals surface area contributed by atoms with E-state index in [1.807, 2.05) is 25.1 Å². The number of carbonyl (C=O) groups is 1. The molecule has 5 aromatic rings. The van der Waals surface area contributed by atoms with Crippen LogP contribution in [0.1, 0.15) is 69.2 Å². The molecule has 2 aliphatic rings. The summed E-state index contributed by atoms with van der Waals surface area (Å²) in [5.74, 6) is 0.128. The van der Waals surface area contributed by atoms with Crippen molar-refractivity contribution in [2.24, 2.45) is 0 Å². The van der Waals surface area contributed by atoms with Gasteiger partial charge < -0.3 is 13.7 Å². The van der Waals surface area contributed by atoms with Crippen molar-refractivity contribution in [1.29, 1.82) is 0 Å². The first-order valence-electron chi connectivity index (χ1n) is 15.9. The number of carbonyl (C=O) groups excluding carboxylic acids is 1. The first kappa shape index (κ1) is 29.2. The van der Waals surface area contributed by atoms with Crippen molar-refractivity contribution in [1.82, 2.24) is 9.55 Å². The lowest BCUT2D eigenvalue weighted by molar-refractivity contribution is -0.148. The Hall–Kier alpha value is -4.49. The van der Waals surface area contributed by atoms with E-state index in [-0.39, 0.29) is 23.2 Å². The van der Waals surface area contributed by atoms with Crippen LogP contribution in [-0.2, 0) is 29.1 Å². The molecule has 3 aromatic carbocycles. The molecule has 0 N–H and O–H groups in total. The zero-order valence-electron chi connectivity index (χ0n) is 26.5. The zero-order chi connectivity index (χ0) is 31.5. The third kappa shape index (κ3) is 4.47. The molecule has 7 rings (SSSR count). The van der Waals surface area contributed by atoms with Gasteiger partial charge in [0.15, 0.2) is 0 Å². The van der Waals surface area contributed by atoms with E-state index < -0.39 is 14.2 Å². The Kier molecular flexibility index (Phi) is 7.04. The van der Waals surface area contributed by atoms with Crippen LogP contribution in [0, 0.1) is 0 Å². The number of benzene rings is 3. The highest BCUT2D eigenvalue weighted by atomic mass is 28.4. The monoisotopic (exact) mass is 614 g/mol. The van der Waals surface area contributed by atoms with Crippen LogP contribution in [0.3, 0.4) is 0 Å². The van der Waals surface area contributed by atoms with Crippen molar-refractivity contribution in [2.75, 3.05) is 0 Å². The van der Waals surface area contributed by atoms with E-state index in [9.17, 15) is 9.59 Å². The second-order valence-electron chi connectivity index (χ2n) is 13.1. The predicted octanol–water partition coefficient (Wildman–Crippen LogP) is 6.48. The minimum Gasteiger partial charge on any atom is -0.534 e. The molecule has 7 heteroatoms. The minimum absolute atomic E-state index is 0.0269. The summed E-state index contributed by atoms with van der Waals surface area (Å²) in [6.07, 6.45) is 1.37. The highest BCUT2D eigenvalue weighted by Crippen LogP contribution is 2.41. The van der Waals surface area contributed by atoms with Gasteiger partial charge in [0, 0.05) is 10.9 Å². The summed E-state index contributed by atoms with van der Waals surface area (Å²) in [4.78, 5) is 31.4. The fourth-order valence-electron chi connectivity index (χ4n) is 7.46. The number of aryl methyl sites for hydroxylation is 1. The van der Waals surface area contributed by atoms with Gasteiger partial charge in [-0.25, -0.2) is 4.98 Å². The molecule has 0 amide bonds. The summed E-state index contributed by atoms with van der Waals surface area (Å²) in [5.41, 5.74) is 5.99. The largest absolute Gasteiger partial charge is 0.534 e. The summed E-state index contributed by atoms with van der Waals surface area (Å²) >= 11 is 0. The molecule has 45 heavy (non-hydrogen) atoms. The molecule has 0 saturated carbocycles. The van der Waals surface area contributed by atoms with Gasteiger partial charge in [-0.3, -0.25) is 9.59 Å². The van der Waals surface area contributed by atoms with Crippen molar-refractivity contribution < 1.29 is 14.0 Å². The van der Waals surface area contributed by atoms with Crippen molar-refractivity contribution in [2.45, 2.75) is 71.6 Å². The van der Waals surface area contributed by atoms with E-state index in [2.05, 4.69) is 94.4 Å². The van der Waals surface area contributed by atoms with Crippen molar-refractivity contribution in [3.05, 3.63) is 118 Å². The number of aromatic nitrogens is 2. The van der Waals surface area contributed by atoms with Gasteiger partial charge in [0.2, 0.25) is 0 Å². The molecule has 2 aromatic heterocycles. The average molecular weight is 615 g/mol. The molecule has 1 atom stereocenters. The number of fused-ring (bicyclic) bond motifs is 5. The molecule has 0 radical (unpaired) electrons. The van der Waals surface area contributed by atoms with Gasteiger partial charge >= 0.3 is 14.3 Å². The first-order chi connectivity index (χ1) is 21.7. The molecule has 0 unspecified atom stereocenters. The van der Waals surface area contributed by atoms with Gasteiger partial charge in [0.05, 0.1) is 34.9 Å². The van der Waals surface area contributed by atoms with Crippen LogP contribution in [0.2, 0.25) is 5.04 Å². The minimum atomic E-state index is -2.82. The number of pyridine rings is 2. The van der Waals surface area contributed by atoms with E-state index in [0.29, 0.717) is 18.5 Å². The second-order valence-corrected chi connectivity index (χ2v) is 17.4. The number of ether oxygens (including phenoxy) is 1. The SMILES string of the molecule is CCc1c2c(nc3ccc(O[Si](c4ccccc4)(c4ccccc4)C(C)(C)C)cc13)-c1cc3c(c(=O)n1C2)COC(=O)[C@@H]3CC. The molecular formula is C38H38N2O4Si. The van der Waals surface area contributed by atoms with E-state index in [1.165, 1.54) is 15.9 Å². The summed E-state index contributed by atoms with van der Waals surface area (Å²) in [7, 11) is -2.82. The molecule has 0 fully saturated rings. The maximum absolute atomic E-state index is 13.7. The predicted molar refractivity (Wildman–Crippen MR) is 181 cm³/mol. The number of esters is 1. The van der Waals surface area contributed by atoms with Crippen LogP contribution in [0.15, 0.2) is 89.7 Å². The van der Waals surface area contributed by atoms with Gasteiger partial charge in [-0.15, -0.1) is 0 Å². The van der Waals surface area contributed by atoms with Crippen molar-refractivity contribution >= 4 is 35.6 Å². The molecule has 228 valence electrons. The lowest BCUT2D eigenvalue weighted by Gasteiger charge is -2.43. The molecule has 0 bridgehead atoms. The normalized spacial score (nSPS) is 15.8. The summed E-state index contributed by atoms with van der Waals surface area (Å²) in [6.45, 7) is 11.4. The van der Waals surface area contributed by atoms with Crippen LogP contribution >= 0.6 is 0 Å². The summed E-state index contributed by atoms with van der Waals surface area (Å²) in [6, 6.07) is 29.6. The third-order valence-electron chi connectivity index (χ3n) is 9.64. The van der Waals surface area contributed by atoms with E-state index in [1.54, 1.807) is 4.57 Å². The van der Waals surface area contributed by atoms with E-state index in [4.69, 9.17) is 14.1 Å². The summed E-state index contributed by atoms with van der Waals surface area (Å²) in [5, 5.41) is 3.32. The molecular weight excluding hydrogens is 577 g/mol. The number of rotatable bonds is 6. The van der Waals surface area contributed by atoms with E-state index in [0.717, 1.165) is 45.6 Å². The molecule has 0 saturated heterocycles. The molecule has 6 nitrogen and oxygen atoms in total. The van der Waals surface area contributed by atoms with Crippen LogP contribution in [0.25, 0.3) is 22.3 Å². The fraction of sp³-hybridized carbons (Fsp3) is 0.289. The fourth-order valence-corrected chi connectivity index (χ4v) is 11.9. The van der Waals surface area contributed by atoms with Crippen LogP contribution < -0.4 is 20.4 Å². The van der Waals surface area contributed by atoms with Gasteiger partial charge in [0.1, 0.15) is 12.4 Å². The zero-order valence-corrected chi connectivity index (χ0v) is 27.5. The lowest BCUT2D eigenvalue weighted by Crippen LogP contribution is -2.68. The molecule has 4 heterocycles. The van der Waals surface area contributed by atoms with Crippen LogP contribution in [0.5, 0.6) is 5.75 Å². The Labute approximate surface area is 264 Å². The van der Waals surface area contributed by atoms with Gasteiger partial charge in [-0.1, -0.05) is 95.3 Å². The lowest BCUT2D eigenvalue weighted by atomic mass is 9.90. The highest BCUT2D eigenvalue weighted by Gasteiger charge is 2.52. The Morgan fingerprint density at radius 1 is 0.911 bits per heavy atom. The molecule has 2 aliphatic heterocycles. The van der Waals surface area contributed by atoms with Gasteiger partial charge in [-0.05, 0) is 63.6 Å². The van der Waals surface area contributed by atoms with Crippen molar-refractivity contribution in [3.8, 4) is 17.1 Å². The quantitative estimate of drug-likeness (QED) is 0.159. The Bertz CT molecular complexity index is 1970. The summed E-state index contributed by atoms with van der Waals surface area (Å²) < 4.78 is 14.6. The first-order valence-corrected chi connectivity index (χ1v) is 17.8. The molecule has 0 aliphatic carbocycles. The third-order valence-corrected chi connectivity index (χ3v) is 14.6. The maximum Gasteiger partial charge on any atom is 0.319 e. The Morgan fingerprint density at radius 2 is 1.58 bits per heavy atom. The average Bonchev–Trinajstić information content (AvgIpc) is 3.41. The highest BCUT2D eigenvalue weighted by molar-refractivity contribution is 7.00.